The van der Waals surface area contributed by atoms with Crippen molar-refractivity contribution in [2.75, 3.05) is 0 Å². The highest BCUT2D eigenvalue weighted by molar-refractivity contribution is 5.31. The van der Waals surface area contributed by atoms with Crippen molar-refractivity contribution in [3.63, 3.8) is 0 Å². The molecule has 1 heterocycles. The van der Waals surface area contributed by atoms with Gasteiger partial charge in [0, 0.05) is 6.20 Å². The van der Waals surface area contributed by atoms with Gasteiger partial charge in [0.25, 0.3) is 0 Å². The predicted molar refractivity (Wildman–Crippen MR) is 75.9 cm³/mol. The van der Waals surface area contributed by atoms with Crippen LogP contribution in [0.15, 0.2) is 42.6 Å². The highest BCUT2D eigenvalue weighted by Crippen LogP contribution is 2.32. The van der Waals surface area contributed by atoms with Gasteiger partial charge in [-0.25, -0.2) is 4.98 Å². The number of aryl methyl sites for hydroxylation is 1. The third-order valence-electron chi connectivity index (χ3n) is 3.70. The Balaban J connectivity index is 1.72. The summed E-state index contributed by atoms with van der Waals surface area (Å²) in [5, 5.41) is 8.86. The second kappa shape index (κ2) is 5.85. The van der Waals surface area contributed by atoms with Crippen LogP contribution in [-0.2, 0) is 17.8 Å². The number of benzene rings is 1. The lowest BCUT2D eigenvalue weighted by Gasteiger charge is -2.25. The lowest BCUT2D eigenvalue weighted by molar-refractivity contribution is 0.0282. The number of rotatable bonds is 3. The number of pyridine rings is 1. The summed E-state index contributed by atoms with van der Waals surface area (Å²) in [4.78, 5) is 3.97. The van der Waals surface area contributed by atoms with Crippen LogP contribution in [-0.4, -0.2) is 4.98 Å². The molecular formula is C17H16N2O. The van der Waals surface area contributed by atoms with Gasteiger partial charge in [-0.15, -0.1) is 0 Å². The van der Waals surface area contributed by atoms with Crippen molar-refractivity contribution in [1.82, 2.24) is 4.98 Å². The highest BCUT2D eigenvalue weighted by atomic mass is 16.5. The maximum absolute atomic E-state index is 8.86. The fourth-order valence-electron chi connectivity index (χ4n) is 2.70. The Kier molecular flexibility index (Phi) is 3.76. The summed E-state index contributed by atoms with van der Waals surface area (Å²) in [5.41, 5.74) is 4.15. The Hall–Kier alpha value is -2.18. The molecule has 0 spiro atoms. The van der Waals surface area contributed by atoms with Gasteiger partial charge in [-0.1, -0.05) is 24.3 Å². The molecular weight excluding hydrogens is 248 g/mol. The molecule has 1 aliphatic carbocycles. The van der Waals surface area contributed by atoms with E-state index in [1.807, 2.05) is 6.07 Å². The molecule has 1 aromatic heterocycles. The van der Waals surface area contributed by atoms with E-state index in [1.54, 1.807) is 12.3 Å². The van der Waals surface area contributed by atoms with Gasteiger partial charge in [0.1, 0.15) is 11.8 Å². The molecule has 100 valence electrons. The van der Waals surface area contributed by atoms with Gasteiger partial charge in [0.2, 0.25) is 0 Å². The van der Waals surface area contributed by atoms with E-state index in [1.165, 1.54) is 17.5 Å². The summed E-state index contributed by atoms with van der Waals surface area (Å²) in [6.45, 7) is 0.524. The van der Waals surface area contributed by atoms with Crippen molar-refractivity contribution >= 4 is 0 Å². The van der Waals surface area contributed by atoms with E-state index in [4.69, 9.17) is 10.00 Å². The minimum atomic E-state index is 0.165. The fourth-order valence-corrected chi connectivity index (χ4v) is 2.70. The van der Waals surface area contributed by atoms with Crippen molar-refractivity contribution in [1.29, 1.82) is 5.26 Å². The standard InChI is InChI=1S/C17H16N2O/c18-11-15-10-13(8-9-19-15)12-20-17-7-3-5-14-4-1-2-6-16(14)17/h1-2,4,6,8-10,17H,3,5,7,12H2. The van der Waals surface area contributed by atoms with Crippen LogP contribution in [0.25, 0.3) is 0 Å². The van der Waals surface area contributed by atoms with Gasteiger partial charge >= 0.3 is 0 Å². The van der Waals surface area contributed by atoms with Gasteiger partial charge < -0.3 is 4.74 Å². The minimum absolute atomic E-state index is 0.165. The Bertz CT molecular complexity index is 645. The molecule has 0 saturated carbocycles. The van der Waals surface area contributed by atoms with E-state index >= 15 is 0 Å². The highest BCUT2D eigenvalue weighted by Gasteiger charge is 2.20. The topological polar surface area (TPSA) is 45.9 Å². The second-order valence-corrected chi connectivity index (χ2v) is 5.05. The molecule has 0 amide bonds. The summed E-state index contributed by atoms with van der Waals surface area (Å²) in [6.07, 6.45) is 5.20. The van der Waals surface area contributed by atoms with E-state index in [2.05, 4.69) is 35.3 Å². The predicted octanol–water partition coefficient (Wildman–Crippen LogP) is 3.55. The molecule has 3 heteroatoms. The molecule has 0 radical (unpaired) electrons. The number of nitriles is 1. The number of nitrogens with zero attached hydrogens (tertiary/aromatic N) is 2. The lowest BCUT2D eigenvalue weighted by Crippen LogP contribution is -2.12. The normalized spacial score (nSPS) is 17.2. The van der Waals surface area contributed by atoms with Gasteiger partial charge in [0.05, 0.1) is 12.7 Å². The number of fused-ring (bicyclic) bond motifs is 1. The Morgan fingerprint density at radius 3 is 3.10 bits per heavy atom. The third kappa shape index (κ3) is 2.71. The largest absolute Gasteiger partial charge is 0.369 e. The zero-order valence-electron chi connectivity index (χ0n) is 11.2. The van der Waals surface area contributed by atoms with Gasteiger partial charge in [-0.05, 0) is 48.1 Å². The molecule has 1 aliphatic rings. The fraction of sp³-hybridized carbons (Fsp3) is 0.294. The molecule has 1 atom stereocenters. The molecule has 3 rings (SSSR count). The summed E-state index contributed by atoms with van der Waals surface area (Å²) < 4.78 is 6.06. The number of hydrogen-bond donors (Lipinski definition) is 0. The van der Waals surface area contributed by atoms with Crippen LogP contribution < -0.4 is 0 Å². The van der Waals surface area contributed by atoms with E-state index in [0.717, 1.165) is 18.4 Å². The van der Waals surface area contributed by atoms with E-state index in [0.29, 0.717) is 12.3 Å². The lowest BCUT2D eigenvalue weighted by atomic mass is 9.89. The van der Waals surface area contributed by atoms with Crippen LogP contribution in [0, 0.1) is 11.3 Å². The quantitative estimate of drug-likeness (QED) is 0.851. The Morgan fingerprint density at radius 1 is 1.30 bits per heavy atom. The van der Waals surface area contributed by atoms with Crippen LogP contribution in [0.2, 0.25) is 0 Å². The van der Waals surface area contributed by atoms with Gasteiger partial charge in [-0.2, -0.15) is 5.26 Å². The number of ether oxygens (including phenoxy) is 1. The Labute approximate surface area is 118 Å². The summed E-state index contributed by atoms with van der Waals surface area (Å²) in [5.74, 6) is 0. The third-order valence-corrected chi connectivity index (χ3v) is 3.70. The Morgan fingerprint density at radius 2 is 2.20 bits per heavy atom. The van der Waals surface area contributed by atoms with Crippen molar-refractivity contribution in [2.24, 2.45) is 0 Å². The average Bonchev–Trinajstić information content (AvgIpc) is 2.53. The molecule has 1 aromatic carbocycles. The van der Waals surface area contributed by atoms with Crippen molar-refractivity contribution in [3.8, 4) is 6.07 Å². The van der Waals surface area contributed by atoms with Gasteiger partial charge in [0.15, 0.2) is 0 Å². The monoisotopic (exact) mass is 264 g/mol. The summed E-state index contributed by atoms with van der Waals surface area (Å²) in [6, 6.07) is 14.2. The van der Waals surface area contributed by atoms with Crippen molar-refractivity contribution in [2.45, 2.75) is 32.0 Å². The van der Waals surface area contributed by atoms with E-state index in [-0.39, 0.29) is 6.10 Å². The first-order chi connectivity index (χ1) is 9.86. The molecule has 0 N–H and O–H groups in total. The SMILES string of the molecule is N#Cc1cc(COC2CCCc3ccccc32)ccn1. The first-order valence-corrected chi connectivity index (χ1v) is 6.91. The number of aromatic nitrogens is 1. The van der Waals surface area contributed by atoms with E-state index < -0.39 is 0 Å². The summed E-state index contributed by atoms with van der Waals surface area (Å²) in [7, 11) is 0. The maximum atomic E-state index is 8.86. The first kappa shape index (κ1) is 12.8. The molecule has 3 nitrogen and oxygen atoms in total. The van der Waals surface area contributed by atoms with Crippen LogP contribution in [0.3, 0.4) is 0 Å². The first-order valence-electron chi connectivity index (χ1n) is 6.91. The molecule has 20 heavy (non-hydrogen) atoms. The van der Waals surface area contributed by atoms with Crippen LogP contribution in [0.4, 0.5) is 0 Å². The second-order valence-electron chi connectivity index (χ2n) is 5.05. The van der Waals surface area contributed by atoms with E-state index in [9.17, 15) is 0 Å². The molecule has 1 unspecified atom stereocenters. The molecule has 0 fully saturated rings. The van der Waals surface area contributed by atoms with Crippen LogP contribution in [0.5, 0.6) is 0 Å². The molecule has 2 aromatic rings. The number of hydrogen-bond acceptors (Lipinski definition) is 3. The van der Waals surface area contributed by atoms with Crippen molar-refractivity contribution in [3.05, 3.63) is 65.0 Å². The minimum Gasteiger partial charge on any atom is -0.369 e. The van der Waals surface area contributed by atoms with Crippen molar-refractivity contribution < 1.29 is 4.74 Å². The van der Waals surface area contributed by atoms with Gasteiger partial charge in [-0.3, -0.25) is 0 Å². The smallest absolute Gasteiger partial charge is 0.140 e. The van der Waals surface area contributed by atoms with Crippen LogP contribution in [0.1, 0.15) is 41.3 Å². The maximum Gasteiger partial charge on any atom is 0.140 e. The zero-order chi connectivity index (χ0) is 13.8. The summed E-state index contributed by atoms with van der Waals surface area (Å²) >= 11 is 0. The zero-order valence-corrected chi connectivity index (χ0v) is 11.2. The molecule has 0 aliphatic heterocycles. The molecule has 0 bridgehead atoms. The average molecular weight is 264 g/mol. The molecule has 0 saturated heterocycles. The van der Waals surface area contributed by atoms with Crippen LogP contribution >= 0.6 is 0 Å².